The molecule has 3 heterocycles. The lowest BCUT2D eigenvalue weighted by atomic mass is 9.72. The van der Waals surface area contributed by atoms with Crippen molar-refractivity contribution in [3.63, 3.8) is 0 Å². The molecule has 25 heavy (non-hydrogen) atoms. The van der Waals surface area contributed by atoms with Gasteiger partial charge in [0, 0.05) is 55.6 Å². The van der Waals surface area contributed by atoms with Gasteiger partial charge in [0.15, 0.2) is 5.78 Å². The Bertz CT molecular complexity index is 633. The van der Waals surface area contributed by atoms with E-state index in [0.717, 1.165) is 77.3 Å². The second kappa shape index (κ2) is 7.22. The van der Waals surface area contributed by atoms with Crippen LogP contribution in [0.25, 0.3) is 0 Å². The van der Waals surface area contributed by atoms with Crippen molar-refractivity contribution in [2.45, 2.75) is 33.1 Å². The fourth-order valence-corrected chi connectivity index (χ4v) is 4.99. The molecule has 0 radical (unpaired) electrons. The molecule has 1 aromatic heterocycles. The number of ether oxygens (including phenoxy) is 1. The number of piperidine rings is 1. The van der Waals surface area contributed by atoms with Crippen LogP contribution in [0.2, 0.25) is 0 Å². The number of fused-ring (bicyclic) bond motifs is 2. The van der Waals surface area contributed by atoms with Crippen LogP contribution in [-0.4, -0.2) is 73.0 Å². The summed E-state index contributed by atoms with van der Waals surface area (Å²) in [4.78, 5) is 21.7. The first-order valence-corrected chi connectivity index (χ1v) is 9.94. The van der Waals surface area contributed by atoms with Crippen LogP contribution in [0.1, 0.15) is 40.7 Å². The maximum Gasteiger partial charge on any atom is 0.169 e. The number of H-pyrrole nitrogens is 1. The predicted octanol–water partition coefficient (Wildman–Crippen LogP) is 1.89. The smallest absolute Gasteiger partial charge is 0.169 e. The van der Waals surface area contributed by atoms with Crippen molar-refractivity contribution < 1.29 is 9.53 Å². The third-order valence-electron chi connectivity index (χ3n) is 6.47. The first kappa shape index (κ1) is 17.3. The average molecular weight is 345 g/mol. The van der Waals surface area contributed by atoms with E-state index in [2.05, 4.69) is 28.6 Å². The molecule has 0 amide bonds. The molecular weight excluding hydrogens is 314 g/mol. The molecule has 1 aromatic rings. The van der Waals surface area contributed by atoms with Gasteiger partial charge in [-0.15, -0.1) is 0 Å². The quantitative estimate of drug-likeness (QED) is 0.905. The second-order valence-corrected chi connectivity index (χ2v) is 7.91. The Kier molecular flexibility index (Phi) is 4.98. The summed E-state index contributed by atoms with van der Waals surface area (Å²) in [7, 11) is 0. The van der Waals surface area contributed by atoms with Crippen LogP contribution in [0.15, 0.2) is 0 Å². The summed E-state index contributed by atoms with van der Waals surface area (Å²) < 4.78 is 5.43. The van der Waals surface area contributed by atoms with E-state index in [1.165, 1.54) is 17.0 Å². The zero-order chi connectivity index (χ0) is 17.4. The molecule has 2 unspecified atom stereocenters. The fourth-order valence-electron chi connectivity index (χ4n) is 4.99. The molecule has 0 aromatic carbocycles. The molecule has 0 bridgehead atoms. The number of rotatable bonds is 4. The van der Waals surface area contributed by atoms with Crippen LogP contribution in [-0.2, 0) is 17.6 Å². The molecule has 3 aliphatic rings. The Morgan fingerprint density at radius 2 is 1.92 bits per heavy atom. The number of likely N-dealkylation sites (tertiary alicyclic amines) is 1. The number of carbonyl (C=O) groups excluding carboxylic acids is 1. The lowest BCUT2D eigenvalue weighted by molar-refractivity contribution is 0.0276. The molecule has 2 atom stereocenters. The first-order valence-electron chi connectivity index (χ1n) is 9.94. The zero-order valence-corrected chi connectivity index (χ0v) is 15.6. The molecule has 2 aliphatic heterocycles. The van der Waals surface area contributed by atoms with Crippen LogP contribution < -0.4 is 0 Å². The van der Waals surface area contributed by atoms with E-state index in [0.29, 0.717) is 11.7 Å². The molecule has 2 saturated heterocycles. The van der Waals surface area contributed by atoms with Crippen molar-refractivity contribution >= 4 is 5.78 Å². The lowest BCUT2D eigenvalue weighted by Gasteiger charge is -2.41. The topological polar surface area (TPSA) is 48.6 Å². The SMILES string of the molecule is CCc1c(C)[nH]c2c1C(=O)C1CN(CCN3CCOCC3)CCC1C2. The minimum absolute atomic E-state index is 0.200. The summed E-state index contributed by atoms with van der Waals surface area (Å²) in [5, 5.41) is 0. The monoisotopic (exact) mass is 345 g/mol. The highest BCUT2D eigenvalue weighted by Crippen LogP contribution is 2.37. The van der Waals surface area contributed by atoms with Gasteiger partial charge >= 0.3 is 0 Å². The van der Waals surface area contributed by atoms with Gasteiger partial charge in [-0.3, -0.25) is 9.69 Å². The van der Waals surface area contributed by atoms with Gasteiger partial charge in [-0.05, 0) is 44.2 Å². The summed E-state index contributed by atoms with van der Waals surface area (Å²) in [6, 6.07) is 0. The van der Waals surface area contributed by atoms with E-state index in [1.54, 1.807) is 0 Å². The first-order chi connectivity index (χ1) is 12.2. The molecular formula is C20H31N3O2. The zero-order valence-electron chi connectivity index (χ0n) is 15.6. The number of Topliss-reactive ketones (excluding diaryl/α,β-unsaturated/α-hetero) is 1. The lowest BCUT2D eigenvalue weighted by Crippen LogP contribution is -2.49. The Hall–Kier alpha value is -1.17. The summed E-state index contributed by atoms with van der Waals surface area (Å²) in [5.74, 6) is 1.14. The maximum atomic E-state index is 13.2. The summed E-state index contributed by atoms with van der Waals surface area (Å²) in [6.07, 6.45) is 3.16. The Morgan fingerprint density at radius 1 is 1.16 bits per heavy atom. The fraction of sp³-hybridized carbons (Fsp3) is 0.750. The molecule has 0 saturated carbocycles. The third kappa shape index (κ3) is 3.29. The summed E-state index contributed by atoms with van der Waals surface area (Å²) in [6.45, 7) is 12.3. The van der Waals surface area contributed by atoms with E-state index in [9.17, 15) is 4.79 Å². The minimum Gasteiger partial charge on any atom is -0.379 e. The van der Waals surface area contributed by atoms with Gasteiger partial charge in [0.25, 0.3) is 0 Å². The number of morpholine rings is 1. The van der Waals surface area contributed by atoms with Gasteiger partial charge in [-0.2, -0.15) is 0 Å². The Morgan fingerprint density at radius 3 is 2.68 bits per heavy atom. The van der Waals surface area contributed by atoms with Crippen molar-refractivity contribution in [3.05, 3.63) is 22.5 Å². The van der Waals surface area contributed by atoms with Crippen LogP contribution in [0.5, 0.6) is 0 Å². The minimum atomic E-state index is 0.200. The van der Waals surface area contributed by atoms with E-state index in [1.807, 2.05) is 0 Å². The van der Waals surface area contributed by atoms with Crippen molar-refractivity contribution in [2.75, 3.05) is 52.5 Å². The van der Waals surface area contributed by atoms with Gasteiger partial charge in [0.1, 0.15) is 0 Å². The van der Waals surface area contributed by atoms with Gasteiger partial charge in [-0.25, -0.2) is 0 Å². The van der Waals surface area contributed by atoms with Crippen molar-refractivity contribution in [1.29, 1.82) is 0 Å². The highest BCUT2D eigenvalue weighted by molar-refractivity contribution is 6.02. The van der Waals surface area contributed by atoms with E-state index < -0.39 is 0 Å². The highest BCUT2D eigenvalue weighted by atomic mass is 16.5. The number of ketones is 1. The van der Waals surface area contributed by atoms with E-state index in [-0.39, 0.29) is 5.92 Å². The van der Waals surface area contributed by atoms with Gasteiger partial charge in [0.05, 0.1) is 13.2 Å². The van der Waals surface area contributed by atoms with Gasteiger partial charge in [0.2, 0.25) is 0 Å². The molecule has 5 nitrogen and oxygen atoms in total. The average Bonchev–Trinajstić information content (AvgIpc) is 2.96. The highest BCUT2D eigenvalue weighted by Gasteiger charge is 2.41. The normalized spacial score (nSPS) is 28.0. The molecule has 4 rings (SSSR count). The van der Waals surface area contributed by atoms with E-state index >= 15 is 0 Å². The number of nitrogens with zero attached hydrogens (tertiary/aromatic N) is 2. The number of hydrogen-bond acceptors (Lipinski definition) is 4. The Balaban J connectivity index is 1.42. The molecule has 0 spiro atoms. The van der Waals surface area contributed by atoms with Gasteiger partial charge in [-0.1, -0.05) is 6.92 Å². The molecule has 2 fully saturated rings. The predicted molar refractivity (Wildman–Crippen MR) is 98.2 cm³/mol. The van der Waals surface area contributed by atoms with Crippen molar-refractivity contribution in [2.24, 2.45) is 11.8 Å². The van der Waals surface area contributed by atoms with E-state index in [4.69, 9.17) is 4.74 Å². The summed E-state index contributed by atoms with van der Waals surface area (Å²) >= 11 is 0. The number of aryl methyl sites for hydroxylation is 1. The number of carbonyl (C=O) groups is 1. The molecule has 1 aliphatic carbocycles. The molecule has 5 heteroatoms. The Labute approximate surface area is 150 Å². The maximum absolute atomic E-state index is 13.2. The van der Waals surface area contributed by atoms with Crippen molar-refractivity contribution in [3.8, 4) is 0 Å². The van der Waals surface area contributed by atoms with Crippen molar-refractivity contribution in [1.82, 2.24) is 14.8 Å². The molecule has 1 N–H and O–H groups in total. The summed E-state index contributed by atoms with van der Waals surface area (Å²) in [5.41, 5.74) is 4.70. The van der Waals surface area contributed by atoms with Crippen LogP contribution in [0, 0.1) is 18.8 Å². The molecule has 138 valence electrons. The van der Waals surface area contributed by atoms with Crippen LogP contribution in [0.3, 0.4) is 0 Å². The number of nitrogens with one attached hydrogen (secondary N) is 1. The van der Waals surface area contributed by atoms with Crippen LogP contribution in [0.4, 0.5) is 0 Å². The number of aromatic amines is 1. The number of hydrogen-bond donors (Lipinski definition) is 1. The van der Waals surface area contributed by atoms with Crippen LogP contribution >= 0.6 is 0 Å². The largest absolute Gasteiger partial charge is 0.379 e. The standard InChI is InChI=1S/C20H31N3O2/c1-3-16-14(2)21-18-12-15-4-5-23(13-17(15)20(24)19(16)18)7-6-22-8-10-25-11-9-22/h15,17,21H,3-13H2,1-2H3. The number of aromatic nitrogens is 1. The third-order valence-corrected chi connectivity index (χ3v) is 6.47. The van der Waals surface area contributed by atoms with Gasteiger partial charge < -0.3 is 14.6 Å². The second-order valence-electron chi connectivity index (χ2n) is 7.91.